The molecule has 0 amide bonds. The van der Waals surface area contributed by atoms with E-state index in [1.807, 2.05) is 0 Å². The van der Waals surface area contributed by atoms with Crippen molar-refractivity contribution in [2.45, 2.75) is 2.97 Å². The van der Waals surface area contributed by atoms with Crippen LogP contribution in [0.2, 0.25) is 0 Å². The van der Waals surface area contributed by atoms with E-state index in [-0.39, 0.29) is 0 Å². The molecule has 5 nitrogen and oxygen atoms in total. The minimum absolute atomic E-state index is 0.792. The van der Waals surface area contributed by atoms with Crippen LogP contribution in [0.5, 0.6) is 0 Å². The average Bonchev–Trinajstić information content (AvgIpc) is 2.14. The Hall–Kier alpha value is 0.580. The molecule has 0 bridgehead atoms. The minimum Gasteiger partial charge on any atom is -0.467 e. The van der Waals surface area contributed by atoms with E-state index in [4.69, 9.17) is 0 Å². The van der Waals surface area contributed by atoms with Gasteiger partial charge in [0.25, 0.3) is 2.97 Å². The summed E-state index contributed by atoms with van der Waals surface area (Å²) in [6.07, 6.45) is 0. The van der Waals surface area contributed by atoms with Crippen molar-refractivity contribution in [3.8, 4) is 0 Å². The number of halogens is 2. The van der Waals surface area contributed by atoms with Crippen LogP contribution in [0.4, 0.5) is 0 Å². The van der Waals surface area contributed by atoms with E-state index in [1.54, 1.807) is 0 Å². The zero-order chi connectivity index (χ0) is 10.7. The summed E-state index contributed by atoms with van der Waals surface area (Å²) >= 11 is 5.76. The van der Waals surface area contributed by atoms with E-state index < -0.39 is 16.5 Å². The number of esters is 1. The molecule has 0 rings (SSSR count). The Morgan fingerprint density at radius 1 is 1.23 bits per heavy atom. The van der Waals surface area contributed by atoms with Crippen LogP contribution in [0.15, 0.2) is 0 Å². The van der Waals surface area contributed by atoms with Gasteiger partial charge >= 0.3 is 13.6 Å². The second kappa shape index (κ2) is 4.89. The zero-order valence-corrected chi connectivity index (χ0v) is 11.3. The van der Waals surface area contributed by atoms with E-state index in [1.165, 1.54) is 14.2 Å². The Kier molecular flexibility index (Phi) is 5.10. The van der Waals surface area contributed by atoms with E-state index in [0.717, 1.165) is 7.11 Å². The maximum absolute atomic E-state index is 11.7. The van der Waals surface area contributed by atoms with Gasteiger partial charge in [-0.05, 0) is 31.9 Å². The van der Waals surface area contributed by atoms with Crippen LogP contribution in [0, 0.1) is 0 Å². The van der Waals surface area contributed by atoms with Crippen LogP contribution < -0.4 is 0 Å². The molecule has 0 saturated heterocycles. The molecule has 0 aliphatic carbocycles. The van der Waals surface area contributed by atoms with Crippen LogP contribution in [0.25, 0.3) is 0 Å². The molecule has 0 radical (unpaired) electrons. The van der Waals surface area contributed by atoms with Gasteiger partial charge in [-0.15, -0.1) is 0 Å². The fourth-order valence-corrected chi connectivity index (χ4v) is 3.52. The molecule has 8 heteroatoms. The van der Waals surface area contributed by atoms with Gasteiger partial charge in [-0.3, -0.25) is 4.57 Å². The molecule has 13 heavy (non-hydrogen) atoms. The molecular formula is C5H9Br2O5P. The highest BCUT2D eigenvalue weighted by atomic mass is 79.9. The molecule has 0 aromatic rings. The van der Waals surface area contributed by atoms with Gasteiger partial charge in [-0.1, -0.05) is 0 Å². The molecule has 0 atom stereocenters. The minimum atomic E-state index is -3.60. The van der Waals surface area contributed by atoms with Gasteiger partial charge in [0.05, 0.1) is 7.11 Å². The Labute approximate surface area is 92.9 Å². The highest BCUT2D eigenvalue weighted by Gasteiger charge is 2.54. The number of methoxy groups -OCH3 is 1. The van der Waals surface area contributed by atoms with Gasteiger partial charge < -0.3 is 13.8 Å². The van der Waals surface area contributed by atoms with Gasteiger partial charge in [-0.25, -0.2) is 4.79 Å². The predicted octanol–water partition coefficient (Wildman–Crippen LogP) is 2.09. The lowest BCUT2D eigenvalue weighted by molar-refractivity contribution is -0.139. The maximum atomic E-state index is 11.7. The normalized spacial score (nSPS) is 12.7. The largest absolute Gasteiger partial charge is 0.467 e. The first-order valence-electron chi connectivity index (χ1n) is 3.03. The quantitative estimate of drug-likeness (QED) is 0.446. The summed E-state index contributed by atoms with van der Waals surface area (Å²) in [7, 11) is -0.0937. The molecule has 0 unspecified atom stereocenters. The highest BCUT2D eigenvalue weighted by molar-refractivity contribution is 9.27. The molecule has 0 aliphatic rings. The number of alkyl halides is 2. The maximum Gasteiger partial charge on any atom is 0.368 e. The first kappa shape index (κ1) is 13.6. The van der Waals surface area contributed by atoms with Crippen LogP contribution in [-0.2, 0) is 23.1 Å². The first-order chi connectivity index (χ1) is 5.85. The van der Waals surface area contributed by atoms with Gasteiger partial charge in [0.2, 0.25) is 0 Å². The third kappa shape index (κ3) is 2.53. The SMILES string of the molecule is COC(=O)C(Br)(Br)P(=O)(OC)OC. The molecule has 0 aliphatic heterocycles. The molecule has 0 N–H and O–H groups in total. The van der Waals surface area contributed by atoms with Gasteiger partial charge in [0.15, 0.2) is 0 Å². The number of hydrogen-bond donors (Lipinski definition) is 0. The van der Waals surface area contributed by atoms with Crippen LogP contribution >= 0.6 is 39.5 Å². The summed E-state index contributed by atoms with van der Waals surface area (Å²) in [6, 6.07) is 0. The molecule has 0 spiro atoms. The van der Waals surface area contributed by atoms with E-state index >= 15 is 0 Å². The number of carbonyl (C=O) groups is 1. The molecule has 0 aromatic carbocycles. The van der Waals surface area contributed by atoms with Crippen molar-refractivity contribution >= 4 is 45.4 Å². The van der Waals surface area contributed by atoms with Crippen molar-refractivity contribution < 1.29 is 23.1 Å². The summed E-state index contributed by atoms with van der Waals surface area (Å²) in [4.78, 5) is 11.1. The van der Waals surface area contributed by atoms with Crippen molar-refractivity contribution in [2.24, 2.45) is 0 Å². The lowest BCUT2D eigenvalue weighted by Crippen LogP contribution is -2.27. The van der Waals surface area contributed by atoms with Crippen molar-refractivity contribution in [1.82, 2.24) is 0 Å². The van der Waals surface area contributed by atoms with Gasteiger partial charge in [-0.2, -0.15) is 0 Å². The third-order valence-electron chi connectivity index (χ3n) is 1.26. The van der Waals surface area contributed by atoms with Gasteiger partial charge in [0, 0.05) is 14.2 Å². The summed E-state index contributed by atoms with van der Waals surface area (Å²) in [6.45, 7) is 0. The van der Waals surface area contributed by atoms with Crippen molar-refractivity contribution in [3.63, 3.8) is 0 Å². The number of carbonyl (C=O) groups excluding carboxylic acids is 1. The fraction of sp³-hybridized carbons (Fsp3) is 0.800. The lowest BCUT2D eigenvalue weighted by Gasteiger charge is -2.24. The molecule has 0 aromatic heterocycles. The molecule has 0 heterocycles. The van der Waals surface area contributed by atoms with E-state index in [9.17, 15) is 9.36 Å². The van der Waals surface area contributed by atoms with Gasteiger partial charge in [0.1, 0.15) is 0 Å². The number of hydrogen-bond acceptors (Lipinski definition) is 5. The Morgan fingerprint density at radius 3 is 1.85 bits per heavy atom. The highest BCUT2D eigenvalue weighted by Crippen LogP contribution is 2.65. The van der Waals surface area contributed by atoms with E-state index in [2.05, 4.69) is 45.6 Å². The standard InChI is InChI=1S/C5H9Br2O5P/c1-10-4(8)5(6,7)13(9,11-2)12-3/h1-3H3. The predicted molar refractivity (Wildman–Crippen MR) is 54.2 cm³/mol. The monoisotopic (exact) mass is 338 g/mol. The second-order valence-corrected chi connectivity index (χ2v) is 8.96. The first-order valence-corrected chi connectivity index (χ1v) is 6.16. The Morgan fingerprint density at radius 2 is 1.62 bits per heavy atom. The summed E-state index contributed by atoms with van der Waals surface area (Å²) in [5, 5.41) is 0. The second-order valence-electron chi connectivity index (χ2n) is 1.90. The van der Waals surface area contributed by atoms with Crippen LogP contribution in [0.1, 0.15) is 0 Å². The smallest absolute Gasteiger partial charge is 0.368 e. The van der Waals surface area contributed by atoms with Crippen molar-refractivity contribution in [2.75, 3.05) is 21.3 Å². The lowest BCUT2D eigenvalue weighted by atomic mass is 10.8. The molecule has 0 saturated carbocycles. The van der Waals surface area contributed by atoms with Crippen LogP contribution in [0.3, 0.4) is 0 Å². The van der Waals surface area contributed by atoms with Crippen molar-refractivity contribution in [1.29, 1.82) is 0 Å². The van der Waals surface area contributed by atoms with Crippen LogP contribution in [-0.4, -0.2) is 30.3 Å². The fourth-order valence-electron chi connectivity index (χ4n) is 0.538. The van der Waals surface area contributed by atoms with E-state index in [0.29, 0.717) is 0 Å². The molecule has 78 valence electrons. The Balaban J connectivity index is 5.00. The summed E-state index contributed by atoms with van der Waals surface area (Å²) in [5.41, 5.74) is 0. The molecular weight excluding hydrogens is 331 g/mol. The Bertz CT molecular complexity index is 233. The average molecular weight is 340 g/mol. The number of ether oxygens (including phenoxy) is 1. The zero-order valence-electron chi connectivity index (χ0n) is 7.24. The summed E-state index contributed by atoms with van der Waals surface area (Å²) < 4.78 is 23.7. The van der Waals surface area contributed by atoms with Crippen molar-refractivity contribution in [3.05, 3.63) is 0 Å². The summed E-state index contributed by atoms with van der Waals surface area (Å²) in [5.74, 6) is -0.792. The topological polar surface area (TPSA) is 61.8 Å². The molecule has 0 fully saturated rings. The third-order valence-corrected chi connectivity index (χ3v) is 6.34. The number of rotatable bonds is 4.